The lowest BCUT2D eigenvalue weighted by molar-refractivity contribution is -0.143. The van der Waals surface area contributed by atoms with Crippen LogP contribution in [0.5, 0.6) is 0 Å². The van der Waals surface area contributed by atoms with Gasteiger partial charge in [0.1, 0.15) is 0 Å². The van der Waals surface area contributed by atoms with Gasteiger partial charge in [0.2, 0.25) is 5.82 Å². The summed E-state index contributed by atoms with van der Waals surface area (Å²) < 4.78 is 41.9. The highest BCUT2D eigenvalue weighted by atomic mass is 35.5. The highest BCUT2D eigenvalue weighted by Gasteiger charge is 2.40. The number of carbonyl (C=O) groups is 1. The number of alkyl halides is 3. The third-order valence-corrected chi connectivity index (χ3v) is 4.33. The molecular weight excluding hydrogens is 423 g/mol. The van der Waals surface area contributed by atoms with E-state index in [1.807, 2.05) is 0 Å². The molecule has 1 amide bonds. The Morgan fingerprint density at radius 1 is 1.13 bits per heavy atom. The first kappa shape index (κ1) is 19.6. The summed E-state index contributed by atoms with van der Waals surface area (Å²) >= 11 is 5.79. The maximum absolute atomic E-state index is 13.8. The molecule has 0 fully saturated rings. The molecule has 4 aromatic rings. The number of carbonyl (C=O) groups excluding carboxylic acids is 1. The van der Waals surface area contributed by atoms with Crippen molar-refractivity contribution in [2.24, 2.45) is 0 Å². The minimum atomic E-state index is -4.82. The number of anilines is 1. The van der Waals surface area contributed by atoms with Gasteiger partial charge >= 0.3 is 6.18 Å². The summed E-state index contributed by atoms with van der Waals surface area (Å²) in [6.07, 6.45) is -3.95. The molecule has 12 heteroatoms. The molecule has 30 heavy (non-hydrogen) atoms. The van der Waals surface area contributed by atoms with Crippen molar-refractivity contribution < 1.29 is 18.0 Å². The summed E-state index contributed by atoms with van der Waals surface area (Å²) in [6.45, 7) is 0. The van der Waals surface area contributed by atoms with Crippen LogP contribution in [-0.2, 0) is 6.18 Å². The molecule has 0 unspecified atom stereocenters. The average Bonchev–Trinajstić information content (AvgIpc) is 3.39. The fourth-order valence-electron chi connectivity index (χ4n) is 2.78. The maximum atomic E-state index is 13.8. The minimum Gasteiger partial charge on any atom is -0.322 e. The predicted molar refractivity (Wildman–Crippen MR) is 101 cm³/mol. The first-order valence-corrected chi connectivity index (χ1v) is 8.77. The lowest BCUT2D eigenvalue weighted by Gasteiger charge is -2.13. The number of amides is 1. The number of aromatic nitrogens is 6. The fourth-order valence-corrected chi connectivity index (χ4v) is 2.91. The van der Waals surface area contributed by atoms with Crippen LogP contribution < -0.4 is 5.32 Å². The zero-order valence-electron chi connectivity index (χ0n) is 14.9. The molecule has 0 aliphatic rings. The number of rotatable bonds is 4. The van der Waals surface area contributed by atoms with E-state index in [0.717, 1.165) is 6.20 Å². The van der Waals surface area contributed by atoms with Gasteiger partial charge in [-0.3, -0.25) is 4.79 Å². The molecular formula is C18H11ClF3N7O. The summed E-state index contributed by atoms with van der Waals surface area (Å²) in [4.78, 5) is 12.6. The maximum Gasteiger partial charge on any atom is 0.434 e. The van der Waals surface area contributed by atoms with Crippen LogP contribution in [0.15, 0.2) is 54.7 Å². The van der Waals surface area contributed by atoms with Crippen LogP contribution in [0.2, 0.25) is 5.02 Å². The van der Waals surface area contributed by atoms with Crippen molar-refractivity contribution in [2.75, 3.05) is 5.32 Å². The van der Waals surface area contributed by atoms with Crippen LogP contribution in [0.25, 0.3) is 17.1 Å². The van der Waals surface area contributed by atoms with E-state index < -0.39 is 23.3 Å². The van der Waals surface area contributed by atoms with Gasteiger partial charge in [-0.25, -0.2) is 4.68 Å². The lowest BCUT2D eigenvalue weighted by atomic mass is 10.1. The van der Waals surface area contributed by atoms with Gasteiger partial charge in [-0.1, -0.05) is 23.7 Å². The smallest absolute Gasteiger partial charge is 0.322 e. The Hall–Kier alpha value is -3.73. The Balaban J connectivity index is 1.68. The standard InChI is InChI=1S/C18H11ClF3N7O/c19-11-4-6-13(7-5-11)29-15(18(20,21)22)14(9-23-29)17(30)24-12-3-1-2-10(8-12)16-25-27-28-26-16/h1-9H,(H,24,30)(H,25,26,27,28). The van der Waals surface area contributed by atoms with Crippen LogP contribution in [0.4, 0.5) is 18.9 Å². The van der Waals surface area contributed by atoms with Crippen molar-refractivity contribution in [1.29, 1.82) is 0 Å². The van der Waals surface area contributed by atoms with E-state index in [1.54, 1.807) is 12.1 Å². The van der Waals surface area contributed by atoms with Crippen LogP contribution >= 0.6 is 11.6 Å². The fraction of sp³-hybridized carbons (Fsp3) is 0.0556. The number of hydrogen-bond donors (Lipinski definition) is 2. The van der Waals surface area contributed by atoms with Gasteiger partial charge in [0.05, 0.1) is 17.4 Å². The molecule has 0 radical (unpaired) electrons. The summed E-state index contributed by atoms with van der Waals surface area (Å²) in [5, 5.41) is 20.0. The van der Waals surface area contributed by atoms with E-state index in [0.29, 0.717) is 15.3 Å². The Morgan fingerprint density at radius 3 is 2.57 bits per heavy atom. The normalized spacial score (nSPS) is 11.5. The Labute approximate surface area is 171 Å². The second kappa shape index (κ2) is 7.59. The number of aromatic amines is 1. The summed E-state index contributed by atoms with van der Waals surface area (Å²) in [6, 6.07) is 11.9. The van der Waals surface area contributed by atoms with E-state index in [2.05, 4.69) is 31.0 Å². The molecule has 2 aromatic heterocycles. The van der Waals surface area contributed by atoms with E-state index in [1.165, 1.54) is 36.4 Å². The summed E-state index contributed by atoms with van der Waals surface area (Å²) in [5.74, 6) is -0.689. The summed E-state index contributed by atoms with van der Waals surface area (Å²) in [7, 11) is 0. The highest BCUT2D eigenvalue weighted by molar-refractivity contribution is 6.30. The van der Waals surface area contributed by atoms with Crippen molar-refractivity contribution in [2.45, 2.75) is 6.18 Å². The number of H-pyrrole nitrogens is 1. The number of halogens is 4. The zero-order chi connectivity index (χ0) is 21.3. The van der Waals surface area contributed by atoms with Gasteiger partial charge in [0, 0.05) is 16.3 Å². The number of nitrogens with one attached hydrogen (secondary N) is 2. The number of nitrogens with zero attached hydrogens (tertiary/aromatic N) is 5. The summed E-state index contributed by atoms with van der Waals surface area (Å²) in [5.41, 5.74) is -0.923. The van der Waals surface area contributed by atoms with Crippen molar-refractivity contribution in [3.05, 3.63) is 71.0 Å². The van der Waals surface area contributed by atoms with E-state index in [9.17, 15) is 18.0 Å². The first-order chi connectivity index (χ1) is 14.3. The van der Waals surface area contributed by atoms with Crippen LogP contribution in [0.3, 0.4) is 0 Å². The zero-order valence-corrected chi connectivity index (χ0v) is 15.6. The van der Waals surface area contributed by atoms with Crippen molar-refractivity contribution in [3.8, 4) is 17.1 Å². The van der Waals surface area contributed by atoms with Crippen LogP contribution in [-0.4, -0.2) is 36.3 Å². The van der Waals surface area contributed by atoms with E-state index in [4.69, 9.17) is 11.6 Å². The lowest BCUT2D eigenvalue weighted by Crippen LogP contribution is -2.20. The number of benzene rings is 2. The topological polar surface area (TPSA) is 101 Å². The minimum absolute atomic E-state index is 0.116. The van der Waals surface area contributed by atoms with Crippen molar-refractivity contribution in [3.63, 3.8) is 0 Å². The van der Waals surface area contributed by atoms with Gasteiger partial charge in [-0.2, -0.15) is 23.5 Å². The molecule has 4 rings (SSSR count). The quantitative estimate of drug-likeness (QED) is 0.507. The molecule has 0 bridgehead atoms. The molecule has 0 aliphatic carbocycles. The molecule has 152 valence electrons. The van der Waals surface area contributed by atoms with Crippen LogP contribution in [0, 0.1) is 0 Å². The van der Waals surface area contributed by atoms with E-state index >= 15 is 0 Å². The van der Waals surface area contributed by atoms with E-state index in [-0.39, 0.29) is 17.2 Å². The molecule has 2 heterocycles. The Bertz CT molecular complexity index is 1190. The van der Waals surface area contributed by atoms with Gasteiger partial charge in [-0.05, 0) is 41.6 Å². The number of hydrogen-bond acceptors (Lipinski definition) is 5. The molecule has 0 saturated carbocycles. The van der Waals surface area contributed by atoms with Crippen LogP contribution in [0.1, 0.15) is 16.1 Å². The highest BCUT2D eigenvalue weighted by Crippen LogP contribution is 2.34. The number of tetrazole rings is 1. The molecule has 2 aromatic carbocycles. The second-order valence-corrected chi connectivity index (χ2v) is 6.50. The molecule has 0 spiro atoms. The predicted octanol–water partition coefficient (Wildman–Crippen LogP) is 3.98. The van der Waals surface area contributed by atoms with Gasteiger partial charge in [0.15, 0.2) is 5.69 Å². The van der Waals surface area contributed by atoms with Gasteiger partial charge in [-0.15, -0.1) is 10.2 Å². The molecule has 2 N–H and O–H groups in total. The van der Waals surface area contributed by atoms with Crippen molar-refractivity contribution in [1.82, 2.24) is 30.4 Å². The molecule has 0 atom stereocenters. The van der Waals surface area contributed by atoms with Gasteiger partial charge in [0.25, 0.3) is 5.91 Å². The third-order valence-electron chi connectivity index (χ3n) is 4.08. The average molecular weight is 434 g/mol. The van der Waals surface area contributed by atoms with Crippen molar-refractivity contribution >= 4 is 23.2 Å². The third kappa shape index (κ3) is 3.87. The first-order valence-electron chi connectivity index (χ1n) is 8.39. The SMILES string of the molecule is O=C(Nc1cccc(-c2nn[nH]n2)c1)c1cnn(-c2ccc(Cl)cc2)c1C(F)(F)F. The molecule has 0 aliphatic heterocycles. The van der Waals surface area contributed by atoms with Gasteiger partial charge < -0.3 is 5.32 Å². The largest absolute Gasteiger partial charge is 0.434 e. The molecule has 0 saturated heterocycles. The Morgan fingerprint density at radius 2 is 1.90 bits per heavy atom. The Kier molecular flexibility index (Phi) is 4.96. The monoisotopic (exact) mass is 433 g/mol. The molecule has 8 nitrogen and oxygen atoms in total. The second-order valence-electron chi connectivity index (χ2n) is 6.06.